The van der Waals surface area contributed by atoms with Gasteiger partial charge in [-0.1, -0.05) is 17.7 Å². The first-order valence-corrected chi connectivity index (χ1v) is 6.41. The van der Waals surface area contributed by atoms with E-state index in [0.29, 0.717) is 5.92 Å². The zero-order valence-corrected chi connectivity index (χ0v) is 10.7. The van der Waals surface area contributed by atoms with Crippen LogP contribution in [0, 0.1) is 26.7 Å². The van der Waals surface area contributed by atoms with Gasteiger partial charge in [-0.3, -0.25) is 0 Å². The monoisotopic (exact) mass is 217 g/mol. The molecule has 0 aliphatic heterocycles. The molecular formula is C15H23N. The van der Waals surface area contributed by atoms with Gasteiger partial charge in [-0.15, -0.1) is 0 Å². The van der Waals surface area contributed by atoms with Gasteiger partial charge >= 0.3 is 0 Å². The molecule has 0 amide bonds. The van der Waals surface area contributed by atoms with Gasteiger partial charge in [0.25, 0.3) is 0 Å². The van der Waals surface area contributed by atoms with E-state index in [-0.39, 0.29) is 0 Å². The van der Waals surface area contributed by atoms with Gasteiger partial charge in [0.15, 0.2) is 0 Å². The smallest absolute Gasteiger partial charge is 0.00713 e. The van der Waals surface area contributed by atoms with Crippen molar-refractivity contribution in [1.82, 2.24) is 0 Å². The van der Waals surface area contributed by atoms with Gasteiger partial charge in [0.05, 0.1) is 0 Å². The fourth-order valence-electron chi connectivity index (χ4n) is 3.07. The maximum absolute atomic E-state index is 5.76. The maximum atomic E-state index is 5.76. The van der Waals surface area contributed by atoms with Gasteiger partial charge in [-0.2, -0.15) is 0 Å². The largest absolute Gasteiger partial charge is 0.330 e. The number of benzene rings is 1. The Kier molecular flexibility index (Phi) is 3.34. The molecule has 2 rings (SSSR count). The molecule has 16 heavy (non-hydrogen) atoms. The van der Waals surface area contributed by atoms with Crippen LogP contribution in [0.25, 0.3) is 0 Å². The Balaban J connectivity index is 2.36. The zero-order valence-electron chi connectivity index (χ0n) is 10.7. The van der Waals surface area contributed by atoms with Crippen molar-refractivity contribution in [3.8, 4) is 0 Å². The highest BCUT2D eigenvalue weighted by atomic mass is 14.5. The Morgan fingerprint density at radius 3 is 2.19 bits per heavy atom. The highest BCUT2D eigenvalue weighted by Crippen LogP contribution is 2.46. The van der Waals surface area contributed by atoms with Crippen LogP contribution < -0.4 is 5.73 Å². The van der Waals surface area contributed by atoms with Crippen LogP contribution in [-0.2, 0) is 0 Å². The average molecular weight is 217 g/mol. The van der Waals surface area contributed by atoms with E-state index in [9.17, 15) is 0 Å². The molecule has 0 radical (unpaired) electrons. The highest BCUT2D eigenvalue weighted by Gasteiger charge is 2.33. The van der Waals surface area contributed by atoms with E-state index >= 15 is 0 Å². The third-order valence-corrected chi connectivity index (χ3v) is 3.78. The Morgan fingerprint density at radius 1 is 1.19 bits per heavy atom. The highest BCUT2D eigenvalue weighted by molar-refractivity contribution is 5.40. The lowest BCUT2D eigenvalue weighted by Crippen LogP contribution is -2.12. The van der Waals surface area contributed by atoms with Crippen molar-refractivity contribution in [3.63, 3.8) is 0 Å². The lowest BCUT2D eigenvalue weighted by molar-refractivity contribution is 0.560. The molecule has 1 fully saturated rings. The molecule has 1 heteroatoms. The zero-order chi connectivity index (χ0) is 11.7. The lowest BCUT2D eigenvalue weighted by atomic mass is 9.84. The van der Waals surface area contributed by atoms with Gasteiger partial charge in [-0.05, 0) is 75.1 Å². The van der Waals surface area contributed by atoms with Gasteiger partial charge in [0.1, 0.15) is 0 Å². The summed E-state index contributed by atoms with van der Waals surface area (Å²) < 4.78 is 0. The summed E-state index contributed by atoms with van der Waals surface area (Å²) in [5.74, 6) is 1.62. The van der Waals surface area contributed by atoms with E-state index < -0.39 is 0 Å². The second-order valence-corrected chi connectivity index (χ2v) is 5.33. The Hall–Kier alpha value is -0.820. The van der Waals surface area contributed by atoms with Crippen molar-refractivity contribution in [1.29, 1.82) is 0 Å². The van der Waals surface area contributed by atoms with Crippen LogP contribution in [-0.4, -0.2) is 6.54 Å². The number of hydrogen-bond donors (Lipinski definition) is 1. The lowest BCUT2D eigenvalue weighted by Gasteiger charge is -2.21. The Bertz CT molecular complexity index is 354. The molecule has 0 saturated heterocycles. The van der Waals surface area contributed by atoms with E-state index in [2.05, 4.69) is 32.9 Å². The first-order valence-electron chi connectivity index (χ1n) is 6.41. The van der Waals surface area contributed by atoms with Crippen LogP contribution in [0.5, 0.6) is 0 Å². The molecule has 0 aromatic heterocycles. The van der Waals surface area contributed by atoms with Crippen molar-refractivity contribution in [3.05, 3.63) is 34.4 Å². The summed E-state index contributed by atoms with van der Waals surface area (Å²) in [6.07, 6.45) is 3.95. The molecule has 1 saturated carbocycles. The minimum atomic E-state index is 0.714. The van der Waals surface area contributed by atoms with Crippen LogP contribution >= 0.6 is 0 Å². The van der Waals surface area contributed by atoms with Gasteiger partial charge in [0.2, 0.25) is 0 Å². The summed E-state index contributed by atoms with van der Waals surface area (Å²) in [6, 6.07) is 4.63. The van der Waals surface area contributed by atoms with Gasteiger partial charge in [-0.25, -0.2) is 0 Å². The minimum Gasteiger partial charge on any atom is -0.330 e. The third-order valence-electron chi connectivity index (χ3n) is 3.78. The van der Waals surface area contributed by atoms with Crippen molar-refractivity contribution in [2.24, 2.45) is 11.7 Å². The summed E-state index contributed by atoms with van der Waals surface area (Å²) in [5, 5.41) is 0. The van der Waals surface area contributed by atoms with Crippen molar-refractivity contribution in [2.45, 2.75) is 46.0 Å². The van der Waals surface area contributed by atoms with Crippen LogP contribution in [0.4, 0.5) is 0 Å². The normalized spacial score (nSPS) is 17.5. The molecule has 88 valence electrons. The standard InChI is InChI=1S/C15H23N/c1-10-8-11(2)15(12(3)9-10)14(6-7-16)13-4-5-13/h8-9,13-14H,4-7,16H2,1-3H3. The second kappa shape index (κ2) is 4.58. The fourth-order valence-corrected chi connectivity index (χ4v) is 3.07. The average Bonchev–Trinajstić information content (AvgIpc) is 2.97. The Morgan fingerprint density at radius 2 is 1.75 bits per heavy atom. The van der Waals surface area contributed by atoms with E-state index in [1.165, 1.54) is 29.5 Å². The van der Waals surface area contributed by atoms with Crippen molar-refractivity contribution < 1.29 is 0 Å². The van der Waals surface area contributed by atoms with Crippen LogP contribution in [0.15, 0.2) is 12.1 Å². The molecule has 1 unspecified atom stereocenters. The molecule has 1 aliphatic carbocycles. The topological polar surface area (TPSA) is 26.0 Å². The SMILES string of the molecule is Cc1cc(C)c(C(CCN)C2CC2)c(C)c1. The summed E-state index contributed by atoms with van der Waals surface area (Å²) in [4.78, 5) is 0. The molecule has 0 spiro atoms. The predicted octanol–water partition coefficient (Wildman–Crippen LogP) is 3.45. The molecule has 1 aliphatic rings. The van der Waals surface area contributed by atoms with Crippen molar-refractivity contribution in [2.75, 3.05) is 6.54 Å². The van der Waals surface area contributed by atoms with E-state index in [1.54, 1.807) is 5.56 Å². The summed E-state index contributed by atoms with van der Waals surface area (Å²) in [5.41, 5.74) is 11.6. The summed E-state index contributed by atoms with van der Waals surface area (Å²) in [7, 11) is 0. The fraction of sp³-hybridized carbons (Fsp3) is 0.600. The number of hydrogen-bond acceptors (Lipinski definition) is 1. The molecule has 1 aromatic rings. The molecular weight excluding hydrogens is 194 g/mol. The quantitative estimate of drug-likeness (QED) is 0.821. The van der Waals surface area contributed by atoms with E-state index in [4.69, 9.17) is 5.73 Å². The van der Waals surface area contributed by atoms with Crippen LogP contribution in [0.3, 0.4) is 0 Å². The maximum Gasteiger partial charge on any atom is -0.00713 e. The number of rotatable bonds is 4. The van der Waals surface area contributed by atoms with Gasteiger partial charge in [0, 0.05) is 0 Å². The van der Waals surface area contributed by atoms with E-state index in [0.717, 1.165) is 18.9 Å². The molecule has 0 heterocycles. The molecule has 1 atom stereocenters. The molecule has 0 bridgehead atoms. The van der Waals surface area contributed by atoms with Gasteiger partial charge < -0.3 is 5.73 Å². The number of nitrogens with two attached hydrogens (primary N) is 1. The van der Waals surface area contributed by atoms with E-state index in [1.807, 2.05) is 0 Å². The molecule has 2 N–H and O–H groups in total. The third kappa shape index (κ3) is 2.30. The Labute approximate surface area is 99.0 Å². The van der Waals surface area contributed by atoms with Crippen LogP contribution in [0.1, 0.15) is 47.4 Å². The summed E-state index contributed by atoms with van der Waals surface area (Å²) >= 11 is 0. The van der Waals surface area contributed by atoms with Crippen LogP contribution in [0.2, 0.25) is 0 Å². The van der Waals surface area contributed by atoms with Crippen molar-refractivity contribution >= 4 is 0 Å². The molecule has 1 nitrogen and oxygen atoms in total. The second-order valence-electron chi connectivity index (χ2n) is 5.33. The minimum absolute atomic E-state index is 0.714. The first-order chi connectivity index (χ1) is 7.63. The predicted molar refractivity (Wildman–Crippen MR) is 69.8 cm³/mol. The first kappa shape index (κ1) is 11.7. The molecule has 1 aromatic carbocycles. The number of aryl methyl sites for hydroxylation is 3. The summed E-state index contributed by atoms with van der Waals surface area (Å²) in [6.45, 7) is 7.50.